The minimum atomic E-state index is 0.00368. The van der Waals surface area contributed by atoms with Gasteiger partial charge in [0.1, 0.15) is 5.75 Å². The molecule has 0 aliphatic carbocycles. The van der Waals surface area contributed by atoms with Crippen LogP contribution in [0.15, 0.2) is 42.5 Å². The van der Waals surface area contributed by atoms with Crippen molar-refractivity contribution in [3.05, 3.63) is 58.6 Å². The molecule has 1 aliphatic rings. The number of hydrogen-bond donors (Lipinski definition) is 1. The molecule has 1 fully saturated rings. The predicted molar refractivity (Wildman–Crippen MR) is 110 cm³/mol. The van der Waals surface area contributed by atoms with E-state index in [9.17, 15) is 4.79 Å². The Morgan fingerprint density at radius 1 is 1.07 bits per heavy atom. The van der Waals surface area contributed by atoms with Crippen LogP contribution >= 0.6 is 11.6 Å². The van der Waals surface area contributed by atoms with E-state index in [4.69, 9.17) is 16.3 Å². The summed E-state index contributed by atoms with van der Waals surface area (Å²) in [5, 5.41) is 3.64. The van der Waals surface area contributed by atoms with E-state index in [0.29, 0.717) is 11.6 Å². The van der Waals surface area contributed by atoms with E-state index in [-0.39, 0.29) is 5.91 Å². The van der Waals surface area contributed by atoms with E-state index in [1.165, 1.54) is 5.56 Å². The van der Waals surface area contributed by atoms with Crippen molar-refractivity contribution < 1.29 is 9.53 Å². The van der Waals surface area contributed by atoms with Crippen LogP contribution < -0.4 is 10.1 Å². The van der Waals surface area contributed by atoms with Crippen LogP contribution in [0.3, 0.4) is 0 Å². The summed E-state index contributed by atoms with van der Waals surface area (Å²) in [7, 11) is 1.68. The average molecular weight is 388 g/mol. The molecule has 1 N–H and O–H groups in total. The number of carbonyl (C=O) groups is 1. The summed E-state index contributed by atoms with van der Waals surface area (Å²) in [4.78, 5) is 17.0. The zero-order valence-corrected chi connectivity index (χ0v) is 16.6. The van der Waals surface area contributed by atoms with E-state index in [0.717, 1.165) is 49.7 Å². The van der Waals surface area contributed by atoms with E-state index in [2.05, 4.69) is 27.2 Å². The predicted octanol–water partition coefficient (Wildman–Crippen LogP) is 3.41. The molecule has 3 rings (SSSR count). The highest BCUT2D eigenvalue weighted by atomic mass is 35.5. The molecule has 144 valence electrons. The molecule has 2 aromatic carbocycles. The maximum Gasteiger partial charge on any atom is 0.238 e. The van der Waals surface area contributed by atoms with Crippen molar-refractivity contribution in [3.8, 4) is 5.75 Å². The second kappa shape index (κ2) is 9.22. The van der Waals surface area contributed by atoms with Crippen molar-refractivity contribution in [2.24, 2.45) is 0 Å². The summed E-state index contributed by atoms with van der Waals surface area (Å²) in [6.45, 7) is 6.92. The number of hydrogen-bond acceptors (Lipinski definition) is 4. The molecule has 1 heterocycles. The van der Waals surface area contributed by atoms with Crippen LogP contribution in [0.5, 0.6) is 5.75 Å². The van der Waals surface area contributed by atoms with Gasteiger partial charge in [0.15, 0.2) is 0 Å². The molecule has 1 saturated heterocycles. The van der Waals surface area contributed by atoms with Gasteiger partial charge in [-0.15, -0.1) is 0 Å². The molecule has 5 nitrogen and oxygen atoms in total. The summed E-state index contributed by atoms with van der Waals surface area (Å²) in [6, 6.07) is 13.8. The molecule has 0 radical (unpaired) electrons. The number of amides is 1. The first kappa shape index (κ1) is 19.7. The third kappa shape index (κ3) is 5.45. The summed E-state index contributed by atoms with van der Waals surface area (Å²) in [6.07, 6.45) is 0. The Morgan fingerprint density at radius 3 is 2.41 bits per heavy atom. The number of ether oxygens (including phenoxy) is 1. The third-order valence-corrected chi connectivity index (χ3v) is 5.35. The number of piperazine rings is 1. The quantitative estimate of drug-likeness (QED) is 0.825. The molecular weight excluding hydrogens is 362 g/mol. The van der Waals surface area contributed by atoms with Crippen LogP contribution in [-0.4, -0.2) is 55.5 Å². The number of anilines is 1. The van der Waals surface area contributed by atoms with Crippen molar-refractivity contribution in [2.45, 2.75) is 13.5 Å². The van der Waals surface area contributed by atoms with Crippen molar-refractivity contribution >= 4 is 23.2 Å². The van der Waals surface area contributed by atoms with Gasteiger partial charge in [0.05, 0.1) is 13.7 Å². The minimum absolute atomic E-state index is 0.00368. The van der Waals surface area contributed by atoms with Crippen LogP contribution in [0.4, 0.5) is 5.69 Å². The standard InChI is InChI=1S/C21H26ClN3O2/c1-16-19(22)4-3-5-20(16)23-21(26)15-25-12-10-24(11-13-25)14-17-6-8-18(27-2)9-7-17/h3-9H,10-15H2,1-2H3,(H,23,26). The highest BCUT2D eigenvalue weighted by Gasteiger charge is 2.19. The molecule has 0 atom stereocenters. The number of halogens is 1. The second-order valence-electron chi connectivity index (χ2n) is 6.86. The fourth-order valence-corrected chi connectivity index (χ4v) is 3.40. The molecular formula is C21H26ClN3O2. The molecule has 0 spiro atoms. The number of nitrogens with one attached hydrogen (secondary N) is 1. The van der Waals surface area contributed by atoms with Gasteiger partial charge in [0.2, 0.25) is 5.91 Å². The number of methoxy groups -OCH3 is 1. The molecule has 6 heteroatoms. The summed E-state index contributed by atoms with van der Waals surface area (Å²) >= 11 is 6.11. The summed E-state index contributed by atoms with van der Waals surface area (Å²) in [5.74, 6) is 0.883. The molecule has 1 amide bonds. The molecule has 27 heavy (non-hydrogen) atoms. The van der Waals surface area contributed by atoms with Crippen LogP contribution in [-0.2, 0) is 11.3 Å². The van der Waals surface area contributed by atoms with E-state index >= 15 is 0 Å². The first-order valence-electron chi connectivity index (χ1n) is 9.18. The van der Waals surface area contributed by atoms with E-state index < -0.39 is 0 Å². The van der Waals surface area contributed by atoms with Gasteiger partial charge in [0.25, 0.3) is 0 Å². The minimum Gasteiger partial charge on any atom is -0.497 e. The van der Waals surface area contributed by atoms with E-state index in [1.807, 2.05) is 37.3 Å². The highest BCUT2D eigenvalue weighted by molar-refractivity contribution is 6.31. The lowest BCUT2D eigenvalue weighted by molar-refractivity contribution is -0.117. The van der Waals surface area contributed by atoms with Gasteiger partial charge in [-0.3, -0.25) is 14.6 Å². The lowest BCUT2D eigenvalue weighted by Crippen LogP contribution is -2.48. The number of rotatable bonds is 6. The Morgan fingerprint density at radius 2 is 1.74 bits per heavy atom. The van der Waals surface area contributed by atoms with Crippen LogP contribution in [0.1, 0.15) is 11.1 Å². The third-order valence-electron chi connectivity index (χ3n) is 4.94. The molecule has 0 bridgehead atoms. The fraction of sp³-hybridized carbons (Fsp3) is 0.381. The lowest BCUT2D eigenvalue weighted by Gasteiger charge is -2.34. The van der Waals surface area contributed by atoms with E-state index in [1.54, 1.807) is 7.11 Å². The zero-order chi connectivity index (χ0) is 19.2. The van der Waals surface area contributed by atoms with Crippen molar-refractivity contribution in [2.75, 3.05) is 45.2 Å². The molecule has 0 unspecified atom stereocenters. The fourth-order valence-electron chi connectivity index (χ4n) is 3.23. The monoisotopic (exact) mass is 387 g/mol. The first-order chi connectivity index (χ1) is 13.0. The summed E-state index contributed by atoms with van der Waals surface area (Å²) in [5.41, 5.74) is 2.96. The average Bonchev–Trinajstić information content (AvgIpc) is 2.67. The largest absolute Gasteiger partial charge is 0.497 e. The maximum absolute atomic E-state index is 12.4. The van der Waals surface area contributed by atoms with Gasteiger partial charge in [-0.1, -0.05) is 29.8 Å². The van der Waals surface area contributed by atoms with Crippen molar-refractivity contribution in [1.82, 2.24) is 9.80 Å². The lowest BCUT2D eigenvalue weighted by atomic mass is 10.2. The molecule has 2 aromatic rings. The number of nitrogens with zero attached hydrogens (tertiary/aromatic N) is 2. The maximum atomic E-state index is 12.4. The molecule has 0 aromatic heterocycles. The topological polar surface area (TPSA) is 44.8 Å². The SMILES string of the molecule is COc1ccc(CN2CCN(CC(=O)Nc3cccc(Cl)c3C)CC2)cc1. The van der Waals surface area contributed by atoms with Gasteiger partial charge in [-0.2, -0.15) is 0 Å². The van der Waals surface area contributed by atoms with Crippen LogP contribution in [0.2, 0.25) is 5.02 Å². The normalized spacial score (nSPS) is 15.5. The van der Waals surface area contributed by atoms with Crippen LogP contribution in [0.25, 0.3) is 0 Å². The Labute approximate surface area is 165 Å². The Bertz CT molecular complexity index is 771. The Balaban J connectivity index is 1.44. The van der Waals surface area contributed by atoms with Crippen LogP contribution in [0, 0.1) is 6.92 Å². The first-order valence-corrected chi connectivity index (χ1v) is 9.55. The molecule has 0 saturated carbocycles. The second-order valence-corrected chi connectivity index (χ2v) is 7.27. The summed E-state index contributed by atoms with van der Waals surface area (Å²) < 4.78 is 5.20. The smallest absolute Gasteiger partial charge is 0.238 e. The number of carbonyl (C=O) groups excluding carboxylic acids is 1. The van der Waals surface area contributed by atoms with Gasteiger partial charge >= 0.3 is 0 Å². The number of benzene rings is 2. The van der Waals surface area contributed by atoms with Crippen molar-refractivity contribution in [1.29, 1.82) is 0 Å². The Kier molecular flexibility index (Phi) is 6.72. The zero-order valence-electron chi connectivity index (χ0n) is 15.9. The Hall–Kier alpha value is -2.08. The van der Waals surface area contributed by atoms with Crippen molar-refractivity contribution in [3.63, 3.8) is 0 Å². The highest BCUT2D eigenvalue weighted by Crippen LogP contribution is 2.23. The van der Waals surface area contributed by atoms with Gasteiger partial charge in [-0.05, 0) is 42.3 Å². The van der Waals surface area contributed by atoms with Gasteiger partial charge in [-0.25, -0.2) is 0 Å². The van der Waals surface area contributed by atoms with Gasteiger partial charge in [0, 0.05) is 43.4 Å². The molecule has 1 aliphatic heterocycles. The van der Waals surface area contributed by atoms with Gasteiger partial charge < -0.3 is 10.1 Å².